The predicted molar refractivity (Wildman–Crippen MR) is 76.9 cm³/mol. The average molecular weight is 249 g/mol. The van der Waals surface area contributed by atoms with Gasteiger partial charge < -0.3 is 5.32 Å². The van der Waals surface area contributed by atoms with Crippen molar-refractivity contribution in [2.45, 2.75) is 53.9 Å². The van der Waals surface area contributed by atoms with E-state index in [1.165, 1.54) is 5.56 Å². The lowest BCUT2D eigenvalue weighted by Crippen LogP contribution is -2.15. The normalized spacial score (nSPS) is 11.2. The first-order chi connectivity index (χ1) is 8.54. The summed E-state index contributed by atoms with van der Waals surface area (Å²) in [5.74, 6) is 1.61. The second-order valence-electron chi connectivity index (χ2n) is 5.34. The molecular formula is C15H27N3. The van der Waals surface area contributed by atoms with Gasteiger partial charge in [0, 0.05) is 17.8 Å². The molecule has 3 nitrogen and oxygen atoms in total. The number of hydrogen-bond acceptors (Lipinski definition) is 3. The summed E-state index contributed by atoms with van der Waals surface area (Å²) in [5, 5.41) is 3.35. The average Bonchev–Trinajstić information content (AvgIpc) is 2.26. The molecule has 3 heteroatoms. The summed E-state index contributed by atoms with van der Waals surface area (Å²) in [6.07, 6.45) is 3.20. The van der Waals surface area contributed by atoms with E-state index in [0.29, 0.717) is 5.92 Å². The van der Waals surface area contributed by atoms with Gasteiger partial charge in [-0.1, -0.05) is 20.8 Å². The van der Waals surface area contributed by atoms with Gasteiger partial charge in [0.15, 0.2) is 0 Å². The zero-order valence-corrected chi connectivity index (χ0v) is 12.5. The largest absolute Gasteiger partial charge is 0.317 e. The molecule has 0 saturated heterocycles. The van der Waals surface area contributed by atoms with Gasteiger partial charge in [-0.15, -0.1) is 0 Å². The van der Waals surface area contributed by atoms with Crippen molar-refractivity contribution >= 4 is 0 Å². The molecule has 0 fully saturated rings. The summed E-state index contributed by atoms with van der Waals surface area (Å²) >= 11 is 0. The first-order valence-corrected chi connectivity index (χ1v) is 7.08. The van der Waals surface area contributed by atoms with Crippen molar-refractivity contribution in [2.75, 3.05) is 13.1 Å². The van der Waals surface area contributed by atoms with Crippen molar-refractivity contribution in [3.05, 3.63) is 22.8 Å². The van der Waals surface area contributed by atoms with Gasteiger partial charge in [0.2, 0.25) is 0 Å². The molecule has 1 aromatic heterocycles. The van der Waals surface area contributed by atoms with Gasteiger partial charge in [-0.2, -0.15) is 0 Å². The third-order valence-corrected chi connectivity index (χ3v) is 3.09. The molecule has 18 heavy (non-hydrogen) atoms. The summed E-state index contributed by atoms with van der Waals surface area (Å²) in [6.45, 7) is 12.9. The molecule has 0 aromatic carbocycles. The standard InChI is InChI=1S/C15H27N3/c1-6-16-9-7-8-14-12(4)17-15(10-11(2)3)18-13(14)5/h11,16H,6-10H2,1-5H3. The van der Waals surface area contributed by atoms with Gasteiger partial charge >= 0.3 is 0 Å². The van der Waals surface area contributed by atoms with Crippen molar-refractivity contribution < 1.29 is 0 Å². The number of aryl methyl sites for hydroxylation is 2. The highest BCUT2D eigenvalue weighted by atomic mass is 14.9. The van der Waals surface area contributed by atoms with Crippen LogP contribution in [-0.4, -0.2) is 23.1 Å². The van der Waals surface area contributed by atoms with E-state index in [2.05, 4.69) is 49.9 Å². The van der Waals surface area contributed by atoms with E-state index in [4.69, 9.17) is 0 Å². The van der Waals surface area contributed by atoms with Gasteiger partial charge in [0.1, 0.15) is 5.82 Å². The summed E-state index contributed by atoms with van der Waals surface area (Å²) in [5.41, 5.74) is 3.66. The number of nitrogens with zero attached hydrogens (tertiary/aromatic N) is 2. The minimum absolute atomic E-state index is 0.614. The molecule has 0 atom stereocenters. The van der Waals surface area contributed by atoms with E-state index in [1.807, 2.05) is 0 Å². The Morgan fingerprint density at radius 2 is 1.72 bits per heavy atom. The van der Waals surface area contributed by atoms with Crippen LogP contribution in [0.2, 0.25) is 0 Å². The van der Waals surface area contributed by atoms with E-state index in [9.17, 15) is 0 Å². The smallest absolute Gasteiger partial charge is 0.129 e. The molecule has 0 amide bonds. The van der Waals surface area contributed by atoms with Crippen LogP contribution in [0.4, 0.5) is 0 Å². The van der Waals surface area contributed by atoms with Crippen molar-refractivity contribution in [2.24, 2.45) is 5.92 Å². The maximum absolute atomic E-state index is 4.64. The van der Waals surface area contributed by atoms with Gasteiger partial charge in [-0.05, 0) is 51.3 Å². The summed E-state index contributed by atoms with van der Waals surface area (Å²) in [6, 6.07) is 0. The molecule has 0 bridgehead atoms. The Kier molecular flexibility index (Phi) is 6.27. The highest BCUT2D eigenvalue weighted by molar-refractivity contribution is 5.24. The highest BCUT2D eigenvalue weighted by Crippen LogP contribution is 2.14. The Morgan fingerprint density at radius 1 is 1.11 bits per heavy atom. The molecule has 102 valence electrons. The van der Waals surface area contributed by atoms with Crippen molar-refractivity contribution in [3.8, 4) is 0 Å². The maximum Gasteiger partial charge on any atom is 0.129 e. The fraction of sp³-hybridized carbons (Fsp3) is 0.733. The molecule has 0 aliphatic rings. The number of nitrogens with one attached hydrogen (secondary N) is 1. The van der Waals surface area contributed by atoms with Crippen LogP contribution in [0.1, 0.15) is 50.0 Å². The molecule has 0 unspecified atom stereocenters. The zero-order chi connectivity index (χ0) is 13.5. The van der Waals surface area contributed by atoms with E-state index in [-0.39, 0.29) is 0 Å². The topological polar surface area (TPSA) is 37.8 Å². The number of rotatable bonds is 7. The van der Waals surface area contributed by atoms with Crippen LogP contribution in [0.5, 0.6) is 0 Å². The third kappa shape index (κ3) is 4.73. The molecule has 0 aliphatic heterocycles. The van der Waals surface area contributed by atoms with Crippen molar-refractivity contribution in [1.29, 1.82) is 0 Å². The van der Waals surface area contributed by atoms with Gasteiger partial charge in [0.25, 0.3) is 0 Å². The summed E-state index contributed by atoms with van der Waals surface area (Å²) in [7, 11) is 0. The summed E-state index contributed by atoms with van der Waals surface area (Å²) in [4.78, 5) is 9.28. The Bertz CT molecular complexity index is 349. The minimum atomic E-state index is 0.614. The van der Waals surface area contributed by atoms with E-state index in [1.54, 1.807) is 0 Å². The van der Waals surface area contributed by atoms with Crippen LogP contribution >= 0.6 is 0 Å². The zero-order valence-electron chi connectivity index (χ0n) is 12.5. The summed E-state index contributed by atoms with van der Waals surface area (Å²) < 4.78 is 0. The van der Waals surface area contributed by atoms with Crippen LogP contribution < -0.4 is 5.32 Å². The van der Waals surface area contributed by atoms with Crippen LogP contribution in [0.15, 0.2) is 0 Å². The molecule has 1 aromatic rings. The number of hydrogen-bond donors (Lipinski definition) is 1. The fourth-order valence-corrected chi connectivity index (χ4v) is 2.19. The van der Waals surface area contributed by atoms with Crippen LogP contribution in [-0.2, 0) is 12.8 Å². The molecule has 1 rings (SSSR count). The fourth-order valence-electron chi connectivity index (χ4n) is 2.19. The Hall–Kier alpha value is -0.960. The maximum atomic E-state index is 4.64. The monoisotopic (exact) mass is 249 g/mol. The second kappa shape index (κ2) is 7.47. The van der Waals surface area contributed by atoms with Gasteiger partial charge in [-0.25, -0.2) is 9.97 Å². The van der Waals surface area contributed by atoms with E-state index in [0.717, 1.165) is 49.6 Å². The van der Waals surface area contributed by atoms with Gasteiger partial charge in [0.05, 0.1) is 0 Å². The van der Waals surface area contributed by atoms with Crippen molar-refractivity contribution in [1.82, 2.24) is 15.3 Å². The molecule has 0 spiro atoms. The highest BCUT2D eigenvalue weighted by Gasteiger charge is 2.09. The Morgan fingerprint density at radius 3 is 2.22 bits per heavy atom. The Balaban J connectivity index is 2.68. The molecular weight excluding hydrogens is 222 g/mol. The predicted octanol–water partition coefficient (Wildman–Crippen LogP) is 2.83. The number of aromatic nitrogens is 2. The molecule has 0 aliphatic carbocycles. The lowest BCUT2D eigenvalue weighted by molar-refractivity contribution is 0.612. The first kappa shape index (κ1) is 15.1. The minimum Gasteiger partial charge on any atom is -0.317 e. The molecule has 0 radical (unpaired) electrons. The Labute approximate surface area is 111 Å². The van der Waals surface area contributed by atoms with Crippen LogP contribution in [0.3, 0.4) is 0 Å². The SMILES string of the molecule is CCNCCCc1c(C)nc(CC(C)C)nc1C. The van der Waals surface area contributed by atoms with Crippen molar-refractivity contribution in [3.63, 3.8) is 0 Å². The third-order valence-electron chi connectivity index (χ3n) is 3.09. The quantitative estimate of drug-likeness (QED) is 0.755. The second-order valence-corrected chi connectivity index (χ2v) is 5.34. The molecule has 1 heterocycles. The van der Waals surface area contributed by atoms with Crippen LogP contribution in [0, 0.1) is 19.8 Å². The lowest BCUT2D eigenvalue weighted by atomic mass is 10.1. The first-order valence-electron chi connectivity index (χ1n) is 7.08. The van der Waals surface area contributed by atoms with E-state index >= 15 is 0 Å². The lowest BCUT2D eigenvalue weighted by Gasteiger charge is -2.12. The van der Waals surface area contributed by atoms with Gasteiger partial charge in [-0.3, -0.25) is 0 Å². The van der Waals surface area contributed by atoms with E-state index < -0.39 is 0 Å². The molecule has 1 N–H and O–H groups in total. The van der Waals surface area contributed by atoms with Crippen LogP contribution in [0.25, 0.3) is 0 Å². The molecule has 0 saturated carbocycles.